The Morgan fingerprint density at radius 3 is 0.717 bits per heavy atom. The maximum atomic E-state index is 12.7. The van der Waals surface area contributed by atoms with Gasteiger partial charge in [0, 0.05) is 14.2 Å². The maximum Gasteiger partial charge on any atom is 0.397 e. The molecule has 120 heavy (non-hydrogen) atoms. The molecule has 0 bridgehead atoms. The van der Waals surface area contributed by atoms with Gasteiger partial charge in [-0.25, -0.2) is 58.6 Å². The van der Waals surface area contributed by atoms with Crippen LogP contribution in [0.15, 0.2) is 0 Å². The molecule has 0 amide bonds. The van der Waals surface area contributed by atoms with Gasteiger partial charge in [-0.05, 0) is 0 Å². The van der Waals surface area contributed by atoms with Crippen LogP contribution in [0.2, 0.25) is 0 Å². The highest BCUT2D eigenvalue weighted by molar-refractivity contribution is 7.84. The van der Waals surface area contributed by atoms with Crippen LogP contribution in [0, 0.1) is 0 Å². The minimum Gasteiger partial charge on any atom is -0.376 e. The van der Waals surface area contributed by atoms with Crippen molar-refractivity contribution in [2.45, 2.75) is 147 Å². The molecule has 4 heterocycles. The highest BCUT2D eigenvalue weighted by atomic mass is 32.3. The van der Waals surface area contributed by atoms with Crippen molar-refractivity contribution in [2.24, 2.45) is 0 Å². The summed E-state index contributed by atoms with van der Waals surface area (Å²) < 4.78 is 648. The summed E-state index contributed by atoms with van der Waals surface area (Å²) in [6.07, 6.45) is -81.0. The van der Waals surface area contributed by atoms with Gasteiger partial charge in [-0.1, -0.05) is 0 Å². The molecule has 0 aromatic heterocycles. The van der Waals surface area contributed by atoms with E-state index in [1.54, 1.807) is 0 Å². The van der Waals surface area contributed by atoms with Crippen LogP contribution in [0.5, 0.6) is 0 Å². The first-order valence-corrected chi connectivity index (χ1v) is 49.7. The molecule has 16 N–H and O–H groups in total. The standard InChI is InChI=1S/C32H58O72S16/c1-79-15(13(95-111(49,50)51)3-81-29-26(102-118(70,71)72)22(98-114(58,59)60)17(9(87-29)5-83-107(37,38)39)91-31-25(101-117(67,68)69)21(94-106(35)36)19(93-105(33)34)11(89-31)7-85-109(43,44)45)16(80-2)14(96-112(52,53)54)4-82-30-27(103-119(73,74)75)23(99-115(61,62)63)18(10(88-30)6-84-108(40,41)42)92-32-28(104-120(76,77)78)24(100-116(64,65)66)20(97-113(55,56)57)12(90-32)8-86-110(46,47)48/h9-32H,3-8H2,1-2H3,(H,33,34)(H,35,36)(H,37,38,39)(H,40,41,42)(H,43,44,45)(H,46,47,48)(H,49,50,51)(H,52,53,54)(H,55,56,57)(H,58,59,60)(H,61,62,63)(H,64,65,66)(H,67,68,69)(H,70,71,72)(H,73,74,75)(H,76,77,78)/t9-,10-,11-,12-,13-,14-,15-,16-,17-,18-,19+,20+,21+,22+,23+,24+,25-,26-,27-,28-,29-,30-,31+,32+/m1/s1. The van der Waals surface area contributed by atoms with E-state index in [2.05, 4.69) is 66.9 Å². The van der Waals surface area contributed by atoms with Crippen LogP contribution in [-0.2, 0) is 283 Å². The molecule has 0 aliphatic carbocycles. The lowest BCUT2D eigenvalue weighted by Gasteiger charge is -2.48. The molecule has 0 spiro atoms. The van der Waals surface area contributed by atoms with E-state index in [9.17, 15) is 199 Å². The van der Waals surface area contributed by atoms with E-state index in [4.69, 9.17) is 47.4 Å². The molecule has 88 heteroatoms. The van der Waals surface area contributed by atoms with Gasteiger partial charge in [0.25, 0.3) is 0 Å². The van der Waals surface area contributed by atoms with Crippen LogP contribution in [-0.4, -0.2) is 400 Å². The monoisotopic (exact) mass is 2110 g/mol. The number of hydrogen-bond acceptors (Lipinski definition) is 56. The van der Waals surface area contributed by atoms with Crippen molar-refractivity contribution < 1.29 is 313 Å². The first-order chi connectivity index (χ1) is 53.7. The second kappa shape index (κ2) is 42.7. The third kappa shape index (κ3) is 40.7. The second-order valence-electron chi connectivity index (χ2n) is 21.9. The Morgan fingerprint density at radius 2 is 0.475 bits per heavy atom. The van der Waals surface area contributed by atoms with Crippen molar-refractivity contribution in [3.63, 3.8) is 0 Å². The molecule has 714 valence electrons. The molecule has 0 saturated carbocycles. The Balaban J connectivity index is 2.04. The first kappa shape index (κ1) is 110. The van der Waals surface area contributed by atoms with E-state index < -0.39 is 355 Å². The van der Waals surface area contributed by atoms with Crippen molar-refractivity contribution in [2.75, 3.05) is 53.9 Å². The highest BCUT2D eigenvalue weighted by Gasteiger charge is 2.62. The molecule has 26 atom stereocenters. The van der Waals surface area contributed by atoms with Crippen molar-refractivity contribution >= 4 is 168 Å². The second-order valence-corrected chi connectivity index (χ2v) is 38.0. The molecule has 0 radical (unpaired) electrons. The Hall–Kier alpha value is -2.08. The normalized spacial score (nSPS) is 30.9. The zero-order chi connectivity index (χ0) is 92.6. The van der Waals surface area contributed by atoms with Crippen molar-refractivity contribution in [1.82, 2.24) is 0 Å². The summed E-state index contributed by atoms with van der Waals surface area (Å²) in [5.41, 5.74) is 0. The number of rotatable bonds is 51. The average molecular weight is 2110 g/mol. The molecule has 4 saturated heterocycles. The summed E-state index contributed by atoms with van der Waals surface area (Å²) in [4.78, 5) is 0. The lowest BCUT2D eigenvalue weighted by atomic mass is 9.97. The predicted molar refractivity (Wildman–Crippen MR) is 343 cm³/mol. The zero-order valence-electron chi connectivity index (χ0n) is 56.6. The fraction of sp³-hybridized carbons (Fsp3) is 1.00. The number of methoxy groups -OCH3 is 2. The van der Waals surface area contributed by atoms with Crippen LogP contribution in [0.3, 0.4) is 0 Å². The van der Waals surface area contributed by atoms with Gasteiger partial charge in [0.2, 0.25) is 0 Å². The Morgan fingerprint density at radius 1 is 0.267 bits per heavy atom. The molecule has 4 aliphatic heterocycles. The Bertz CT molecular complexity index is 5230. The molecule has 4 aliphatic rings. The molecular weight excluding hydrogens is 2050 g/mol. The van der Waals surface area contributed by atoms with Gasteiger partial charge in [-0.3, -0.25) is 81.2 Å². The molecule has 0 aromatic carbocycles. The van der Waals surface area contributed by atoms with E-state index in [1.165, 1.54) is 0 Å². The molecular formula is C32H58O72S16. The first-order valence-electron chi connectivity index (χ1n) is 28.5. The molecule has 72 nitrogen and oxygen atoms in total. The van der Waals surface area contributed by atoms with Crippen molar-refractivity contribution in [3.05, 3.63) is 0 Å². The smallest absolute Gasteiger partial charge is 0.376 e. The summed E-state index contributed by atoms with van der Waals surface area (Å²) in [5, 5.41) is 0. The van der Waals surface area contributed by atoms with E-state index in [0.29, 0.717) is 0 Å². The van der Waals surface area contributed by atoms with E-state index >= 15 is 0 Å². The summed E-state index contributed by atoms with van der Waals surface area (Å²) in [7, 11) is -88.5. The van der Waals surface area contributed by atoms with Gasteiger partial charge in [-0.2, -0.15) is 126 Å². The summed E-state index contributed by atoms with van der Waals surface area (Å²) >= 11 is -7.81. The predicted octanol–water partition coefficient (Wildman–Crippen LogP) is -13.1. The number of hydrogen-bond donors (Lipinski definition) is 16. The maximum absolute atomic E-state index is 12.7. The van der Waals surface area contributed by atoms with Gasteiger partial charge in [0.1, 0.15) is 97.7 Å². The van der Waals surface area contributed by atoms with Crippen LogP contribution in [0.25, 0.3) is 0 Å². The molecule has 4 rings (SSSR count). The van der Waals surface area contributed by atoms with Crippen molar-refractivity contribution in [3.8, 4) is 0 Å². The Labute approximate surface area is 678 Å². The van der Waals surface area contributed by atoms with Crippen LogP contribution in [0.4, 0.5) is 0 Å². The van der Waals surface area contributed by atoms with E-state index in [0.717, 1.165) is 0 Å². The number of ether oxygens (including phenoxy) is 10. The van der Waals surface area contributed by atoms with E-state index in [-0.39, 0.29) is 14.2 Å². The SMILES string of the molecule is CO[C@@H]([C@H](OC)[C@@H](CO[C@@H]1O[C@H](COS(=O)(=O)O)[C@@H](O[C@@H]2O[C@H](COS(=O)(=O)O)[C@H](OS(=O)(=O)O)[C@H](OS(=O)(=O)O)[C@H]2OS(=O)(=O)O)[C@H](OS(=O)(=O)O)[C@H]1OS(=O)(=O)O)OS(=O)(=O)O)[C@@H](CO[C@@H]1O[C@H](COS(=O)(=O)O)[C@@H](O[C@@H]2O[C@H](COS(=O)(=O)O)[C@H](OS(=O)O)[C@H](OS(=O)O)[C@H]2OS(=O)(=O)O)[C@H](OS(=O)(=O)O)[C@H]1OS(=O)(=O)O)OS(=O)(=O)O. The molecule has 4 fully saturated rings. The van der Waals surface area contributed by atoms with Crippen LogP contribution >= 0.6 is 0 Å². The fourth-order valence-electron chi connectivity index (χ4n) is 10.2. The largest absolute Gasteiger partial charge is 0.397 e. The van der Waals surface area contributed by atoms with Gasteiger partial charge in [0.05, 0.1) is 39.6 Å². The minimum absolute atomic E-state index is 0.278. The van der Waals surface area contributed by atoms with E-state index in [1.807, 2.05) is 0 Å². The summed E-state index contributed by atoms with van der Waals surface area (Å²) in [6, 6.07) is 0. The summed E-state index contributed by atoms with van der Waals surface area (Å²) in [6.45, 7) is -13.0. The fourth-order valence-corrected chi connectivity index (χ4v) is 17.2. The lowest BCUT2D eigenvalue weighted by Crippen LogP contribution is -2.67. The van der Waals surface area contributed by atoms with Gasteiger partial charge < -0.3 is 47.4 Å². The molecule has 2 unspecified atom stereocenters. The summed E-state index contributed by atoms with van der Waals surface area (Å²) in [5.74, 6) is 0. The quantitative estimate of drug-likeness (QED) is 0.0199. The average Bonchev–Trinajstić information content (AvgIpc) is 0.759. The molecule has 0 aromatic rings. The lowest BCUT2D eigenvalue weighted by molar-refractivity contribution is -0.350. The highest BCUT2D eigenvalue weighted by Crippen LogP contribution is 2.41. The van der Waals surface area contributed by atoms with Gasteiger partial charge in [-0.15, -0.1) is 0 Å². The van der Waals surface area contributed by atoms with Crippen molar-refractivity contribution in [1.29, 1.82) is 0 Å². The topological polar surface area (TPSA) is 1080 Å². The third-order valence-electron chi connectivity index (χ3n) is 13.7. The van der Waals surface area contributed by atoms with Gasteiger partial charge >= 0.3 is 168 Å². The third-order valence-corrected chi connectivity index (χ3v) is 20.9. The Kier molecular flexibility index (Phi) is 39.2. The van der Waals surface area contributed by atoms with Crippen LogP contribution < -0.4 is 0 Å². The van der Waals surface area contributed by atoms with Gasteiger partial charge in [0.15, 0.2) is 49.6 Å². The zero-order valence-corrected chi connectivity index (χ0v) is 69.7. The van der Waals surface area contributed by atoms with Crippen LogP contribution in [0.1, 0.15) is 0 Å². The minimum atomic E-state index is -6.66.